The highest BCUT2D eigenvalue weighted by Crippen LogP contribution is 2.37. The summed E-state index contributed by atoms with van der Waals surface area (Å²) < 4.78 is 0. The molecule has 2 saturated heterocycles. The van der Waals surface area contributed by atoms with Crippen LogP contribution in [0.3, 0.4) is 0 Å². The van der Waals surface area contributed by atoms with Crippen molar-refractivity contribution in [2.24, 2.45) is 0 Å². The van der Waals surface area contributed by atoms with Crippen molar-refractivity contribution in [2.75, 3.05) is 11.4 Å². The predicted molar refractivity (Wildman–Crippen MR) is 138 cm³/mol. The van der Waals surface area contributed by atoms with Gasteiger partial charge in [-0.25, -0.2) is 9.59 Å². The van der Waals surface area contributed by atoms with E-state index in [9.17, 15) is 19.5 Å². The van der Waals surface area contributed by atoms with E-state index in [1.54, 1.807) is 15.9 Å². The summed E-state index contributed by atoms with van der Waals surface area (Å²) in [6.07, 6.45) is 4.42. The van der Waals surface area contributed by atoms with E-state index in [0.717, 1.165) is 5.56 Å². The maximum absolute atomic E-state index is 14.0. The van der Waals surface area contributed by atoms with Gasteiger partial charge in [0.15, 0.2) is 6.04 Å². The van der Waals surface area contributed by atoms with Crippen molar-refractivity contribution in [3.8, 4) is 0 Å². The zero-order valence-corrected chi connectivity index (χ0v) is 19.7. The number of benzene rings is 3. The molecule has 0 aromatic heterocycles. The molecule has 36 heavy (non-hydrogen) atoms. The third kappa shape index (κ3) is 4.47. The van der Waals surface area contributed by atoms with Crippen LogP contribution >= 0.6 is 0 Å². The molecule has 7 heteroatoms. The van der Waals surface area contributed by atoms with Crippen LogP contribution in [-0.4, -0.2) is 57.5 Å². The highest BCUT2D eigenvalue weighted by atomic mass is 16.4. The first-order chi connectivity index (χ1) is 17.5. The number of urea groups is 1. The molecule has 2 aliphatic heterocycles. The number of fused-ring (bicyclic) bond motifs is 2. The number of aliphatic carboxylic acids is 1. The molecular weight excluding hydrogens is 454 g/mol. The zero-order chi connectivity index (χ0) is 25.1. The number of carbonyl (C=O) groups excluding carboxylic acids is 2. The average molecular weight is 482 g/mol. The van der Waals surface area contributed by atoms with E-state index in [4.69, 9.17) is 0 Å². The summed E-state index contributed by atoms with van der Waals surface area (Å²) in [6.45, 7) is 0.160. The minimum Gasteiger partial charge on any atom is -0.480 e. The Hall–Kier alpha value is -4.39. The van der Waals surface area contributed by atoms with E-state index in [2.05, 4.69) is 0 Å². The molecule has 2 aliphatic rings. The number of piperazine rings is 1. The molecule has 2 fully saturated rings. The van der Waals surface area contributed by atoms with Gasteiger partial charge in [-0.2, -0.15) is 0 Å². The Kier molecular flexibility index (Phi) is 6.54. The summed E-state index contributed by atoms with van der Waals surface area (Å²) in [7, 11) is 0. The number of para-hydroxylation sites is 2. The van der Waals surface area contributed by atoms with Crippen LogP contribution in [0.25, 0.3) is 6.08 Å². The number of anilines is 2. The molecular formula is C29H27N3O4. The van der Waals surface area contributed by atoms with Crippen LogP contribution in [0.5, 0.6) is 0 Å². The number of hydrogen-bond acceptors (Lipinski definition) is 3. The Morgan fingerprint density at radius 3 is 1.92 bits per heavy atom. The molecule has 3 amide bonds. The summed E-state index contributed by atoms with van der Waals surface area (Å²) in [6, 6.07) is 25.5. The molecule has 182 valence electrons. The Morgan fingerprint density at radius 1 is 0.806 bits per heavy atom. The topological polar surface area (TPSA) is 81.2 Å². The first-order valence-electron chi connectivity index (χ1n) is 12.0. The maximum atomic E-state index is 14.0. The fourth-order valence-electron chi connectivity index (χ4n) is 5.26. The van der Waals surface area contributed by atoms with Crippen molar-refractivity contribution in [3.63, 3.8) is 0 Å². The molecule has 3 aromatic carbocycles. The Bertz CT molecular complexity index is 1220. The number of amides is 3. The normalized spacial score (nSPS) is 20.9. The van der Waals surface area contributed by atoms with Gasteiger partial charge in [0.1, 0.15) is 0 Å². The minimum atomic E-state index is -1.14. The van der Waals surface area contributed by atoms with Gasteiger partial charge in [-0.15, -0.1) is 0 Å². The molecule has 0 radical (unpaired) electrons. The highest BCUT2D eigenvalue weighted by Gasteiger charge is 2.53. The molecule has 7 nitrogen and oxygen atoms in total. The van der Waals surface area contributed by atoms with Gasteiger partial charge in [0.25, 0.3) is 0 Å². The first-order valence-corrected chi connectivity index (χ1v) is 12.0. The molecule has 2 heterocycles. The third-order valence-corrected chi connectivity index (χ3v) is 6.85. The second kappa shape index (κ2) is 10.1. The van der Waals surface area contributed by atoms with Crippen LogP contribution in [-0.2, 0) is 9.59 Å². The molecule has 3 aromatic rings. The van der Waals surface area contributed by atoms with Gasteiger partial charge in [-0.1, -0.05) is 66.7 Å². The van der Waals surface area contributed by atoms with Crippen LogP contribution in [0.15, 0.2) is 97.1 Å². The van der Waals surface area contributed by atoms with Crippen molar-refractivity contribution in [3.05, 3.63) is 103 Å². The number of nitrogens with zero attached hydrogens (tertiary/aromatic N) is 3. The highest BCUT2D eigenvalue weighted by molar-refractivity contribution is 6.02. The average Bonchev–Trinajstić information content (AvgIpc) is 3.21. The predicted octanol–water partition coefficient (Wildman–Crippen LogP) is 4.79. The quantitative estimate of drug-likeness (QED) is 0.532. The van der Waals surface area contributed by atoms with Gasteiger partial charge in [0, 0.05) is 12.6 Å². The first kappa shape index (κ1) is 23.4. The summed E-state index contributed by atoms with van der Waals surface area (Å²) >= 11 is 0. The second-order valence-electron chi connectivity index (χ2n) is 9.01. The molecule has 0 aliphatic carbocycles. The van der Waals surface area contributed by atoms with E-state index in [1.165, 1.54) is 11.0 Å². The van der Waals surface area contributed by atoms with Crippen LogP contribution in [0.4, 0.5) is 16.2 Å². The van der Waals surface area contributed by atoms with E-state index >= 15 is 0 Å². The molecule has 5 rings (SSSR count). The summed E-state index contributed by atoms with van der Waals surface area (Å²) in [5, 5.41) is 10.2. The van der Waals surface area contributed by atoms with Gasteiger partial charge in [0.05, 0.1) is 23.5 Å². The fraction of sp³-hybridized carbons (Fsp3) is 0.207. The van der Waals surface area contributed by atoms with Gasteiger partial charge in [-0.3, -0.25) is 9.69 Å². The van der Waals surface area contributed by atoms with Crippen LogP contribution < -0.4 is 4.90 Å². The number of carboxylic acid groups (broad SMARTS) is 1. The van der Waals surface area contributed by atoms with Gasteiger partial charge < -0.3 is 14.9 Å². The lowest BCUT2D eigenvalue weighted by Gasteiger charge is -2.46. The summed E-state index contributed by atoms with van der Waals surface area (Å²) in [4.78, 5) is 44.3. The lowest BCUT2D eigenvalue weighted by Crippen LogP contribution is -2.66. The van der Waals surface area contributed by atoms with Gasteiger partial charge in [-0.05, 0) is 48.7 Å². The Labute approximate surface area is 209 Å². The van der Waals surface area contributed by atoms with Crippen LogP contribution in [0, 0.1) is 0 Å². The third-order valence-electron chi connectivity index (χ3n) is 6.85. The number of rotatable bonds is 5. The monoisotopic (exact) mass is 481 g/mol. The Morgan fingerprint density at radius 2 is 1.36 bits per heavy atom. The zero-order valence-electron chi connectivity index (χ0n) is 19.7. The van der Waals surface area contributed by atoms with E-state index in [1.807, 2.05) is 91.0 Å². The summed E-state index contributed by atoms with van der Waals surface area (Å²) in [5.74, 6) is -1.34. The molecule has 1 N–H and O–H groups in total. The lowest BCUT2D eigenvalue weighted by molar-refractivity contribution is -0.149. The van der Waals surface area contributed by atoms with E-state index in [-0.39, 0.29) is 18.5 Å². The number of likely N-dealkylation sites (tertiary alicyclic amines) is 1. The number of hydrogen-bond donors (Lipinski definition) is 1. The maximum Gasteiger partial charge on any atom is 0.329 e. The van der Waals surface area contributed by atoms with Crippen molar-refractivity contribution < 1.29 is 19.5 Å². The number of carboxylic acids is 1. The van der Waals surface area contributed by atoms with Crippen molar-refractivity contribution in [1.82, 2.24) is 9.80 Å². The van der Waals surface area contributed by atoms with E-state index in [0.29, 0.717) is 24.2 Å². The molecule has 0 unspecified atom stereocenters. The fourth-order valence-corrected chi connectivity index (χ4v) is 5.26. The van der Waals surface area contributed by atoms with Gasteiger partial charge >= 0.3 is 12.0 Å². The smallest absolute Gasteiger partial charge is 0.329 e. The van der Waals surface area contributed by atoms with Crippen molar-refractivity contribution in [2.45, 2.75) is 31.0 Å². The Balaban J connectivity index is 1.45. The minimum absolute atomic E-state index is 0.160. The molecule has 0 spiro atoms. The van der Waals surface area contributed by atoms with Crippen LogP contribution in [0.1, 0.15) is 18.4 Å². The standard InChI is InChI=1S/C29H27N3O4/c33-26(19-16-21-10-4-1-5-11-21)32-24-17-18-25(32)27(28(34)35)30(20-24)29(36)31(22-12-6-2-7-13-22)23-14-8-3-9-15-23/h1-16,19,24-25,27H,17-18,20H2,(H,34,35)/t24-,25+,27-/m0/s1. The summed E-state index contributed by atoms with van der Waals surface area (Å²) in [5.41, 5.74) is 2.19. The largest absolute Gasteiger partial charge is 0.480 e. The van der Waals surface area contributed by atoms with Crippen molar-refractivity contribution >= 4 is 35.4 Å². The van der Waals surface area contributed by atoms with Crippen LogP contribution in [0.2, 0.25) is 0 Å². The molecule has 3 atom stereocenters. The second-order valence-corrected chi connectivity index (χ2v) is 9.01. The number of carbonyl (C=O) groups is 3. The lowest BCUT2D eigenvalue weighted by atomic mass is 10.0. The van der Waals surface area contributed by atoms with Gasteiger partial charge in [0.2, 0.25) is 5.91 Å². The van der Waals surface area contributed by atoms with E-state index < -0.39 is 24.1 Å². The van der Waals surface area contributed by atoms with Crippen molar-refractivity contribution in [1.29, 1.82) is 0 Å². The molecule has 0 saturated carbocycles. The molecule has 2 bridgehead atoms. The SMILES string of the molecule is O=C(O)[C@@H]1[C@H]2CC[C@@H](CN1C(=O)N(c1ccccc1)c1ccccc1)N2C(=O)C=Cc1ccccc1.